The Morgan fingerprint density at radius 2 is 1.94 bits per heavy atom. The number of nitro groups is 1. The molecule has 0 bridgehead atoms. The minimum Gasteiger partial charge on any atom is -0.258 e. The Kier molecular flexibility index (Phi) is 3.30. The van der Waals surface area contributed by atoms with E-state index in [-0.39, 0.29) is 10.8 Å². The fourth-order valence-electron chi connectivity index (χ4n) is 1.74. The topological polar surface area (TPSA) is 56.0 Å². The maximum atomic E-state index is 10.8. The summed E-state index contributed by atoms with van der Waals surface area (Å²) in [6.45, 7) is 3.89. The van der Waals surface area contributed by atoms with Gasteiger partial charge in [-0.2, -0.15) is 0 Å². The van der Waals surface area contributed by atoms with Crippen LogP contribution < -0.4 is 0 Å². The number of aromatic nitrogens is 1. The number of aryl methyl sites for hydroxylation is 2. The van der Waals surface area contributed by atoms with Gasteiger partial charge in [-0.05, 0) is 25.5 Å². The van der Waals surface area contributed by atoms with Crippen molar-refractivity contribution in [3.05, 3.63) is 56.7 Å². The van der Waals surface area contributed by atoms with Crippen LogP contribution in [0.2, 0.25) is 5.15 Å². The van der Waals surface area contributed by atoms with Gasteiger partial charge >= 0.3 is 0 Å². The molecule has 0 aliphatic heterocycles. The highest BCUT2D eigenvalue weighted by Gasteiger charge is 2.13. The largest absolute Gasteiger partial charge is 0.274 e. The van der Waals surface area contributed by atoms with E-state index in [2.05, 4.69) is 4.98 Å². The molecule has 92 valence electrons. The summed E-state index contributed by atoms with van der Waals surface area (Å²) < 4.78 is 0. The molecule has 1 heterocycles. The predicted octanol–water partition coefficient (Wildman–Crippen LogP) is 3.93. The minimum atomic E-state index is -0.470. The third-order valence-electron chi connectivity index (χ3n) is 2.66. The van der Waals surface area contributed by atoms with Crippen LogP contribution in [-0.2, 0) is 0 Å². The Balaban J connectivity index is 2.63. The summed E-state index contributed by atoms with van der Waals surface area (Å²) in [6.07, 6.45) is 0. The average Bonchev–Trinajstić information content (AvgIpc) is 2.31. The van der Waals surface area contributed by atoms with Gasteiger partial charge in [-0.15, -0.1) is 0 Å². The number of benzene rings is 1. The van der Waals surface area contributed by atoms with Gasteiger partial charge in [0.2, 0.25) is 0 Å². The zero-order valence-electron chi connectivity index (χ0n) is 9.98. The van der Waals surface area contributed by atoms with Gasteiger partial charge in [-0.3, -0.25) is 10.1 Å². The molecule has 0 radical (unpaired) electrons. The molecule has 4 nitrogen and oxygen atoms in total. The average molecular weight is 263 g/mol. The summed E-state index contributed by atoms with van der Waals surface area (Å²) >= 11 is 5.82. The van der Waals surface area contributed by atoms with Crippen LogP contribution in [0.3, 0.4) is 0 Å². The lowest BCUT2D eigenvalue weighted by Crippen LogP contribution is -1.93. The highest BCUT2D eigenvalue weighted by atomic mass is 35.5. The summed E-state index contributed by atoms with van der Waals surface area (Å²) in [7, 11) is 0. The molecule has 0 spiro atoms. The van der Waals surface area contributed by atoms with Gasteiger partial charge in [0.15, 0.2) is 0 Å². The Hall–Kier alpha value is -1.94. The first-order valence-corrected chi connectivity index (χ1v) is 5.75. The Morgan fingerprint density at radius 1 is 1.22 bits per heavy atom. The van der Waals surface area contributed by atoms with Crippen molar-refractivity contribution >= 4 is 17.3 Å². The van der Waals surface area contributed by atoms with Crippen molar-refractivity contribution in [2.45, 2.75) is 13.8 Å². The van der Waals surface area contributed by atoms with Crippen molar-refractivity contribution in [2.24, 2.45) is 0 Å². The SMILES string of the molecule is Cc1ccc(C)c(-c2cc([N+](=O)[O-])cc(Cl)n2)c1. The number of halogens is 1. The Morgan fingerprint density at radius 3 is 2.61 bits per heavy atom. The molecule has 0 unspecified atom stereocenters. The second kappa shape index (κ2) is 4.74. The smallest absolute Gasteiger partial charge is 0.258 e. The van der Waals surface area contributed by atoms with Gasteiger partial charge < -0.3 is 0 Å². The molecular weight excluding hydrogens is 252 g/mol. The summed E-state index contributed by atoms with van der Waals surface area (Å²) in [5, 5.41) is 10.9. The van der Waals surface area contributed by atoms with Crippen LogP contribution in [0, 0.1) is 24.0 Å². The quantitative estimate of drug-likeness (QED) is 0.468. The molecule has 0 saturated heterocycles. The van der Waals surface area contributed by atoms with Crippen LogP contribution in [0.4, 0.5) is 5.69 Å². The molecule has 0 saturated carbocycles. The fraction of sp³-hybridized carbons (Fsp3) is 0.154. The van der Waals surface area contributed by atoms with E-state index in [1.165, 1.54) is 12.1 Å². The number of hydrogen-bond acceptors (Lipinski definition) is 3. The molecule has 5 heteroatoms. The van der Waals surface area contributed by atoms with E-state index in [1.807, 2.05) is 32.0 Å². The van der Waals surface area contributed by atoms with E-state index < -0.39 is 4.92 Å². The number of pyridine rings is 1. The first kappa shape index (κ1) is 12.5. The van der Waals surface area contributed by atoms with Crippen LogP contribution in [-0.4, -0.2) is 9.91 Å². The first-order chi connectivity index (χ1) is 8.47. The van der Waals surface area contributed by atoms with E-state index >= 15 is 0 Å². The Labute approximate surface area is 109 Å². The highest BCUT2D eigenvalue weighted by molar-refractivity contribution is 6.29. The van der Waals surface area contributed by atoms with E-state index in [0.29, 0.717) is 5.69 Å². The van der Waals surface area contributed by atoms with Crippen molar-refractivity contribution in [3.8, 4) is 11.3 Å². The Bertz CT molecular complexity index is 626. The number of nitrogens with zero attached hydrogens (tertiary/aromatic N) is 2. The van der Waals surface area contributed by atoms with Crippen LogP contribution >= 0.6 is 11.6 Å². The van der Waals surface area contributed by atoms with Gasteiger partial charge in [0.05, 0.1) is 16.7 Å². The standard InChI is InChI=1S/C13H11ClN2O2/c1-8-3-4-9(2)11(5-8)12-6-10(16(17)18)7-13(14)15-12/h3-7H,1-2H3. The van der Waals surface area contributed by atoms with Crippen molar-refractivity contribution in [1.29, 1.82) is 0 Å². The van der Waals surface area contributed by atoms with E-state index in [1.54, 1.807) is 0 Å². The van der Waals surface area contributed by atoms with Gasteiger partial charge in [-0.25, -0.2) is 4.98 Å². The molecule has 18 heavy (non-hydrogen) atoms. The predicted molar refractivity (Wildman–Crippen MR) is 70.8 cm³/mol. The summed E-state index contributed by atoms with van der Waals surface area (Å²) in [4.78, 5) is 14.5. The normalized spacial score (nSPS) is 10.4. The van der Waals surface area contributed by atoms with Crippen LogP contribution in [0.15, 0.2) is 30.3 Å². The molecule has 0 aliphatic carbocycles. The second-order valence-corrected chi connectivity index (χ2v) is 4.50. The summed E-state index contributed by atoms with van der Waals surface area (Å²) in [5.74, 6) is 0. The van der Waals surface area contributed by atoms with Crippen LogP contribution in [0.5, 0.6) is 0 Å². The molecule has 0 N–H and O–H groups in total. The lowest BCUT2D eigenvalue weighted by molar-refractivity contribution is -0.384. The summed E-state index contributed by atoms with van der Waals surface area (Å²) in [6, 6.07) is 8.57. The van der Waals surface area contributed by atoms with E-state index in [0.717, 1.165) is 16.7 Å². The molecule has 0 aliphatic rings. The number of rotatable bonds is 2. The first-order valence-electron chi connectivity index (χ1n) is 5.37. The van der Waals surface area contributed by atoms with Gasteiger partial charge in [-0.1, -0.05) is 29.3 Å². The highest BCUT2D eigenvalue weighted by Crippen LogP contribution is 2.28. The molecule has 0 atom stereocenters. The zero-order valence-corrected chi connectivity index (χ0v) is 10.7. The van der Waals surface area contributed by atoms with Gasteiger partial charge in [0.1, 0.15) is 5.15 Å². The molecule has 1 aromatic heterocycles. The van der Waals surface area contributed by atoms with Gasteiger partial charge in [0.25, 0.3) is 5.69 Å². The molecule has 2 aromatic rings. The lowest BCUT2D eigenvalue weighted by Gasteiger charge is -2.07. The van der Waals surface area contributed by atoms with Crippen LogP contribution in [0.25, 0.3) is 11.3 Å². The molecule has 0 fully saturated rings. The zero-order chi connectivity index (χ0) is 13.3. The maximum Gasteiger partial charge on any atom is 0.274 e. The van der Waals surface area contributed by atoms with E-state index in [9.17, 15) is 10.1 Å². The van der Waals surface area contributed by atoms with Gasteiger partial charge in [0, 0.05) is 11.6 Å². The van der Waals surface area contributed by atoms with Crippen molar-refractivity contribution in [3.63, 3.8) is 0 Å². The third-order valence-corrected chi connectivity index (χ3v) is 2.85. The van der Waals surface area contributed by atoms with Crippen molar-refractivity contribution < 1.29 is 4.92 Å². The number of hydrogen-bond donors (Lipinski definition) is 0. The summed E-state index contributed by atoms with van der Waals surface area (Å²) in [5.41, 5.74) is 3.41. The minimum absolute atomic E-state index is 0.0501. The molecule has 2 rings (SSSR count). The second-order valence-electron chi connectivity index (χ2n) is 4.11. The third kappa shape index (κ3) is 2.49. The van der Waals surface area contributed by atoms with E-state index in [4.69, 9.17) is 11.6 Å². The van der Waals surface area contributed by atoms with Crippen LogP contribution in [0.1, 0.15) is 11.1 Å². The van der Waals surface area contributed by atoms with Crippen molar-refractivity contribution in [1.82, 2.24) is 4.98 Å². The molecule has 0 amide bonds. The molecular formula is C13H11ClN2O2. The maximum absolute atomic E-state index is 10.8. The van der Waals surface area contributed by atoms with Crippen molar-refractivity contribution in [2.75, 3.05) is 0 Å². The monoisotopic (exact) mass is 262 g/mol. The fourth-order valence-corrected chi connectivity index (χ4v) is 1.94. The lowest BCUT2D eigenvalue weighted by atomic mass is 10.0. The molecule has 1 aromatic carbocycles.